The normalized spacial score (nSPS) is 10.6. The molecule has 0 atom stereocenters. The summed E-state index contributed by atoms with van der Waals surface area (Å²) in [6, 6.07) is 6.16. The smallest absolute Gasteiger partial charge is 0.254 e. The number of aryl methyl sites for hydroxylation is 2. The van der Waals surface area contributed by atoms with Gasteiger partial charge in [-0.3, -0.25) is 9.59 Å². The van der Waals surface area contributed by atoms with Crippen molar-refractivity contribution in [1.82, 2.24) is 14.9 Å². The van der Waals surface area contributed by atoms with Crippen LogP contribution < -0.4 is 5.56 Å². The molecule has 0 aliphatic heterocycles. The van der Waals surface area contributed by atoms with E-state index in [2.05, 4.69) is 9.97 Å². The van der Waals surface area contributed by atoms with E-state index < -0.39 is 0 Å². The Morgan fingerprint density at radius 3 is 2.74 bits per heavy atom. The number of aromatic nitrogens is 2. The van der Waals surface area contributed by atoms with Crippen molar-refractivity contribution in [3.8, 4) is 0 Å². The van der Waals surface area contributed by atoms with Crippen molar-refractivity contribution in [3.05, 3.63) is 63.1 Å². The van der Waals surface area contributed by atoms with Gasteiger partial charge in [-0.25, -0.2) is 9.37 Å². The van der Waals surface area contributed by atoms with Gasteiger partial charge in [0.25, 0.3) is 5.56 Å². The molecule has 23 heavy (non-hydrogen) atoms. The molecule has 0 spiro atoms. The number of hydrogen-bond donors (Lipinski definition) is 1. The van der Waals surface area contributed by atoms with Crippen LogP contribution in [-0.4, -0.2) is 27.8 Å². The van der Waals surface area contributed by atoms with E-state index in [0.29, 0.717) is 30.0 Å². The van der Waals surface area contributed by atoms with Crippen LogP contribution in [0.3, 0.4) is 0 Å². The van der Waals surface area contributed by atoms with Crippen molar-refractivity contribution in [2.24, 2.45) is 0 Å². The van der Waals surface area contributed by atoms with E-state index in [0.717, 1.165) is 5.56 Å². The van der Waals surface area contributed by atoms with Crippen molar-refractivity contribution < 1.29 is 9.18 Å². The fourth-order valence-electron chi connectivity index (χ4n) is 2.47. The molecule has 2 aromatic rings. The molecule has 6 heteroatoms. The fourth-order valence-corrected chi connectivity index (χ4v) is 2.47. The first-order chi connectivity index (χ1) is 10.9. The van der Waals surface area contributed by atoms with Crippen molar-refractivity contribution in [3.63, 3.8) is 0 Å². The quantitative estimate of drug-likeness (QED) is 0.918. The largest absolute Gasteiger partial charge is 0.341 e. The van der Waals surface area contributed by atoms with Crippen LogP contribution in [0.15, 0.2) is 29.1 Å². The van der Waals surface area contributed by atoms with Crippen molar-refractivity contribution in [2.75, 3.05) is 7.05 Å². The number of amides is 1. The van der Waals surface area contributed by atoms with Crippen LogP contribution >= 0.6 is 0 Å². The second-order valence-corrected chi connectivity index (χ2v) is 5.60. The van der Waals surface area contributed by atoms with Crippen LogP contribution in [-0.2, 0) is 17.8 Å². The van der Waals surface area contributed by atoms with Gasteiger partial charge in [-0.2, -0.15) is 0 Å². The standard InChI is InChI=1S/C17H20FN3O2/c1-11-15(17(23)20-12(2)19-11)7-8-16(22)21(3)10-13-5-4-6-14(18)9-13/h4-6,9H,7-8,10H2,1-3H3,(H,19,20,23). The maximum absolute atomic E-state index is 13.2. The highest BCUT2D eigenvalue weighted by molar-refractivity contribution is 5.76. The molecule has 1 aromatic heterocycles. The Morgan fingerprint density at radius 2 is 2.09 bits per heavy atom. The van der Waals surface area contributed by atoms with Gasteiger partial charge in [0.15, 0.2) is 0 Å². The van der Waals surface area contributed by atoms with Gasteiger partial charge in [0.1, 0.15) is 11.6 Å². The third kappa shape index (κ3) is 4.48. The Bertz CT molecular complexity index is 771. The van der Waals surface area contributed by atoms with Gasteiger partial charge in [0.2, 0.25) is 5.91 Å². The van der Waals surface area contributed by atoms with Crippen LogP contribution in [0.1, 0.15) is 29.1 Å². The van der Waals surface area contributed by atoms with Gasteiger partial charge in [0.05, 0.1) is 0 Å². The third-order valence-electron chi connectivity index (χ3n) is 3.66. The zero-order chi connectivity index (χ0) is 17.0. The lowest BCUT2D eigenvalue weighted by Gasteiger charge is -2.17. The summed E-state index contributed by atoms with van der Waals surface area (Å²) < 4.78 is 13.2. The van der Waals surface area contributed by atoms with Crippen LogP contribution in [0.4, 0.5) is 4.39 Å². The molecule has 0 aliphatic rings. The molecule has 0 radical (unpaired) electrons. The predicted octanol–water partition coefficient (Wildman–Crippen LogP) is 2.12. The van der Waals surface area contributed by atoms with Gasteiger partial charge < -0.3 is 9.88 Å². The van der Waals surface area contributed by atoms with Gasteiger partial charge in [-0.15, -0.1) is 0 Å². The number of H-pyrrole nitrogens is 1. The molecular formula is C17H20FN3O2. The number of carbonyl (C=O) groups is 1. The SMILES string of the molecule is Cc1nc(C)c(CCC(=O)N(C)Cc2cccc(F)c2)c(=O)[nH]1. The molecule has 0 saturated heterocycles. The molecule has 1 aromatic carbocycles. The molecule has 122 valence electrons. The van der Waals surface area contributed by atoms with Crippen molar-refractivity contribution in [1.29, 1.82) is 0 Å². The van der Waals surface area contributed by atoms with Gasteiger partial charge in [-0.1, -0.05) is 12.1 Å². The average molecular weight is 317 g/mol. The highest BCUT2D eigenvalue weighted by Gasteiger charge is 2.13. The summed E-state index contributed by atoms with van der Waals surface area (Å²) in [6.07, 6.45) is 0.543. The first-order valence-electron chi connectivity index (χ1n) is 7.41. The summed E-state index contributed by atoms with van der Waals surface area (Å²) in [5.41, 5.74) is 1.71. The molecule has 0 fully saturated rings. The molecule has 2 rings (SSSR count). The Labute approximate surface area is 134 Å². The summed E-state index contributed by atoms with van der Waals surface area (Å²) in [5, 5.41) is 0. The lowest BCUT2D eigenvalue weighted by molar-refractivity contribution is -0.130. The monoisotopic (exact) mass is 317 g/mol. The topological polar surface area (TPSA) is 66.1 Å². The number of nitrogens with one attached hydrogen (secondary N) is 1. The van der Waals surface area contributed by atoms with E-state index in [1.54, 1.807) is 33.0 Å². The highest BCUT2D eigenvalue weighted by atomic mass is 19.1. The summed E-state index contributed by atoms with van der Waals surface area (Å²) in [6.45, 7) is 3.81. The minimum absolute atomic E-state index is 0.103. The van der Waals surface area contributed by atoms with Crippen LogP contribution in [0.2, 0.25) is 0 Å². The summed E-state index contributed by atoms with van der Waals surface area (Å²) in [4.78, 5) is 32.5. The number of benzene rings is 1. The number of halogens is 1. The van der Waals surface area contributed by atoms with E-state index in [4.69, 9.17) is 0 Å². The predicted molar refractivity (Wildman–Crippen MR) is 85.5 cm³/mol. The number of rotatable bonds is 5. The average Bonchev–Trinajstić information content (AvgIpc) is 2.45. The van der Waals surface area contributed by atoms with Gasteiger partial charge in [-0.05, 0) is 38.0 Å². The highest BCUT2D eigenvalue weighted by Crippen LogP contribution is 2.09. The molecule has 0 unspecified atom stereocenters. The molecule has 1 N–H and O–H groups in total. The third-order valence-corrected chi connectivity index (χ3v) is 3.66. The molecule has 5 nitrogen and oxygen atoms in total. The van der Waals surface area contributed by atoms with E-state index in [1.165, 1.54) is 17.0 Å². The number of carbonyl (C=O) groups excluding carboxylic acids is 1. The lowest BCUT2D eigenvalue weighted by atomic mass is 10.1. The molecule has 0 bridgehead atoms. The first kappa shape index (κ1) is 16.9. The van der Waals surface area contributed by atoms with E-state index in [1.807, 2.05) is 0 Å². The van der Waals surface area contributed by atoms with E-state index >= 15 is 0 Å². The van der Waals surface area contributed by atoms with E-state index in [-0.39, 0.29) is 23.7 Å². The Balaban J connectivity index is 1.98. The van der Waals surface area contributed by atoms with Crippen molar-refractivity contribution in [2.45, 2.75) is 33.2 Å². The van der Waals surface area contributed by atoms with Crippen LogP contribution in [0, 0.1) is 19.7 Å². The zero-order valence-corrected chi connectivity index (χ0v) is 13.5. The molecule has 0 saturated carbocycles. The maximum Gasteiger partial charge on any atom is 0.254 e. The Morgan fingerprint density at radius 1 is 1.35 bits per heavy atom. The van der Waals surface area contributed by atoms with Gasteiger partial charge >= 0.3 is 0 Å². The summed E-state index contributed by atoms with van der Waals surface area (Å²) in [5.74, 6) is 0.135. The lowest BCUT2D eigenvalue weighted by Crippen LogP contribution is -2.27. The Hall–Kier alpha value is -2.50. The Kier molecular flexibility index (Phi) is 5.26. The first-order valence-corrected chi connectivity index (χ1v) is 7.41. The minimum atomic E-state index is -0.323. The van der Waals surface area contributed by atoms with Crippen LogP contribution in [0.5, 0.6) is 0 Å². The molecular weight excluding hydrogens is 297 g/mol. The van der Waals surface area contributed by atoms with Gasteiger partial charge in [0, 0.05) is 31.3 Å². The van der Waals surface area contributed by atoms with E-state index in [9.17, 15) is 14.0 Å². The summed E-state index contributed by atoms with van der Waals surface area (Å²) in [7, 11) is 1.66. The number of hydrogen-bond acceptors (Lipinski definition) is 3. The van der Waals surface area contributed by atoms with Crippen LogP contribution in [0.25, 0.3) is 0 Å². The minimum Gasteiger partial charge on any atom is -0.341 e. The second-order valence-electron chi connectivity index (χ2n) is 5.60. The second kappa shape index (κ2) is 7.17. The molecule has 1 heterocycles. The molecule has 1 amide bonds. The zero-order valence-electron chi connectivity index (χ0n) is 13.5. The van der Waals surface area contributed by atoms with Crippen molar-refractivity contribution >= 4 is 5.91 Å². The number of nitrogens with zero attached hydrogens (tertiary/aromatic N) is 2. The number of aromatic amines is 1. The maximum atomic E-state index is 13.2. The summed E-state index contributed by atoms with van der Waals surface area (Å²) >= 11 is 0. The molecule has 0 aliphatic carbocycles. The fraction of sp³-hybridized carbons (Fsp3) is 0.353.